The SMILES string of the molecule is Oc1ccc(Cl)c(-c2nc(-c3ncn[nH]3)no2)c1. The van der Waals surface area contributed by atoms with Crippen LogP contribution in [0.3, 0.4) is 0 Å². The molecular weight excluding hydrogens is 258 g/mol. The zero-order valence-corrected chi connectivity index (χ0v) is 9.59. The van der Waals surface area contributed by atoms with E-state index in [1.54, 1.807) is 6.07 Å². The van der Waals surface area contributed by atoms with Crippen LogP contribution in [0.1, 0.15) is 0 Å². The van der Waals surface area contributed by atoms with Crippen molar-refractivity contribution in [1.29, 1.82) is 0 Å². The minimum absolute atomic E-state index is 0.0637. The fraction of sp³-hybridized carbons (Fsp3) is 0. The van der Waals surface area contributed by atoms with Gasteiger partial charge in [0, 0.05) is 0 Å². The summed E-state index contributed by atoms with van der Waals surface area (Å²) in [5, 5.41) is 19.9. The second kappa shape index (κ2) is 4.11. The lowest BCUT2D eigenvalue weighted by molar-refractivity contribution is 0.431. The average Bonchev–Trinajstić information content (AvgIpc) is 3.00. The fourth-order valence-corrected chi connectivity index (χ4v) is 1.62. The summed E-state index contributed by atoms with van der Waals surface area (Å²) in [7, 11) is 0. The van der Waals surface area contributed by atoms with E-state index in [-0.39, 0.29) is 17.5 Å². The number of phenols is 1. The van der Waals surface area contributed by atoms with E-state index in [9.17, 15) is 5.11 Å². The molecule has 0 atom stereocenters. The molecule has 0 aliphatic rings. The van der Waals surface area contributed by atoms with Crippen LogP contribution in [0, 0.1) is 0 Å². The number of aromatic nitrogens is 5. The normalized spacial score (nSPS) is 10.7. The van der Waals surface area contributed by atoms with E-state index < -0.39 is 0 Å². The molecule has 8 heteroatoms. The van der Waals surface area contributed by atoms with E-state index in [2.05, 4.69) is 25.3 Å². The Hall–Kier alpha value is -2.41. The van der Waals surface area contributed by atoms with Crippen LogP contribution in [0.5, 0.6) is 5.75 Å². The Bertz CT molecular complexity index is 679. The van der Waals surface area contributed by atoms with Gasteiger partial charge in [0.1, 0.15) is 12.1 Å². The zero-order valence-electron chi connectivity index (χ0n) is 8.83. The first-order chi connectivity index (χ1) is 8.74. The molecule has 7 nitrogen and oxygen atoms in total. The lowest BCUT2D eigenvalue weighted by Crippen LogP contribution is -1.84. The molecule has 2 N–H and O–H groups in total. The van der Waals surface area contributed by atoms with E-state index in [0.717, 1.165) is 0 Å². The quantitative estimate of drug-likeness (QED) is 0.732. The van der Waals surface area contributed by atoms with Gasteiger partial charge in [-0.25, -0.2) is 4.98 Å². The molecule has 1 aromatic carbocycles. The molecule has 0 unspecified atom stereocenters. The Kier molecular flexibility index (Phi) is 2.45. The molecule has 0 aliphatic heterocycles. The summed E-state index contributed by atoms with van der Waals surface area (Å²) >= 11 is 5.99. The van der Waals surface area contributed by atoms with Crippen LogP contribution in [-0.4, -0.2) is 30.4 Å². The highest BCUT2D eigenvalue weighted by atomic mass is 35.5. The molecule has 0 aliphatic carbocycles. The maximum atomic E-state index is 9.41. The lowest BCUT2D eigenvalue weighted by atomic mass is 10.2. The van der Waals surface area contributed by atoms with Crippen molar-refractivity contribution in [1.82, 2.24) is 25.3 Å². The van der Waals surface area contributed by atoms with Gasteiger partial charge in [-0.1, -0.05) is 16.8 Å². The van der Waals surface area contributed by atoms with Gasteiger partial charge >= 0.3 is 0 Å². The van der Waals surface area contributed by atoms with Crippen LogP contribution in [0.15, 0.2) is 29.0 Å². The highest BCUT2D eigenvalue weighted by Gasteiger charge is 2.15. The maximum Gasteiger partial charge on any atom is 0.259 e. The number of hydrogen-bond acceptors (Lipinski definition) is 6. The molecule has 2 heterocycles. The van der Waals surface area contributed by atoms with E-state index >= 15 is 0 Å². The number of H-pyrrole nitrogens is 1. The second-order valence-corrected chi connectivity index (χ2v) is 3.83. The molecule has 0 radical (unpaired) electrons. The van der Waals surface area contributed by atoms with E-state index in [0.29, 0.717) is 16.4 Å². The van der Waals surface area contributed by atoms with Gasteiger partial charge in [0.05, 0.1) is 10.6 Å². The van der Waals surface area contributed by atoms with Gasteiger partial charge in [0.25, 0.3) is 5.89 Å². The van der Waals surface area contributed by atoms with Crippen LogP contribution in [-0.2, 0) is 0 Å². The number of halogens is 1. The predicted octanol–water partition coefficient (Wildman–Crippen LogP) is 1.88. The monoisotopic (exact) mass is 263 g/mol. The predicted molar refractivity (Wildman–Crippen MR) is 61.8 cm³/mol. The Labute approximate surface area is 105 Å². The van der Waals surface area contributed by atoms with Crippen molar-refractivity contribution in [3.8, 4) is 28.9 Å². The van der Waals surface area contributed by atoms with Crippen LogP contribution in [0.2, 0.25) is 5.02 Å². The third kappa shape index (κ3) is 1.80. The van der Waals surface area contributed by atoms with Crippen molar-refractivity contribution >= 4 is 11.6 Å². The van der Waals surface area contributed by atoms with Crippen LogP contribution >= 0.6 is 11.6 Å². The summed E-state index contributed by atoms with van der Waals surface area (Å²) in [6.07, 6.45) is 1.34. The minimum Gasteiger partial charge on any atom is -0.508 e. The van der Waals surface area contributed by atoms with Crippen molar-refractivity contribution in [2.24, 2.45) is 0 Å². The number of hydrogen-bond donors (Lipinski definition) is 2. The lowest BCUT2D eigenvalue weighted by Gasteiger charge is -1.98. The smallest absolute Gasteiger partial charge is 0.259 e. The van der Waals surface area contributed by atoms with Crippen molar-refractivity contribution in [3.63, 3.8) is 0 Å². The number of aromatic amines is 1. The number of nitrogens with zero attached hydrogens (tertiary/aromatic N) is 4. The van der Waals surface area contributed by atoms with Gasteiger partial charge in [-0.05, 0) is 18.2 Å². The molecule has 0 bridgehead atoms. The van der Waals surface area contributed by atoms with E-state index in [1.165, 1.54) is 18.5 Å². The van der Waals surface area contributed by atoms with Crippen molar-refractivity contribution < 1.29 is 9.63 Å². The first kappa shape index (κ1) is 10.7. The van der Waals surface area contributed by atoms with Gasteiger partial charge in [0.2, 0.25) is 5.82 Å². The Morgan fingerprint density at radius 1 is 1.33 bits per heavy atom. The molecule has 0 spiro atoms. The Morgan fingerprint density at radius 3 is 3.00 bits per heavy atom. The average molecular weight is 264 g/mol. The molecule has 2 aromatic heterocycles. The van der Waals surface area contributed by atoms with Crippen LogP contribution < -0.4 is 0 Å². The van der Waals surface area contributed by atoms with Crippen molar-refractivity contribution in [3.05, 3.63) is 29.5 Å². The largest absolute Gasteiger partial charge is 0.508 e. The molecule has 90 valence electrons. The van der Waals surface area contributed by atoms with Crippen molar-refractivity contribution in [2.45, 2.75) is 0 Å². The minimum atomic E-state index is 0.0637. The van der Waals surface area contributed by atoms with Gasteiger partial charge < -0.3 is 9.63 Å². The molecule has 0 saturated heterocycles. The van der Waals surface area contributed by atoms with E-state index in [4.69, 9.17) is 16.1 Å². The highest BCUT2D eigenvalue weighted by molar-refractivity contribution is 6.33. The molecule has 3 aromatic rings. The Morgan fingerprint density at radius 2 is 2.22 bits per heavy atom. The topological polar surface area (TPSA) is 101 Å². The van der Waals surface area contributed by atoms with E-state index in [1.807, 2.05) is 0 Å². The molecule has 0 saturated carbocycles. The number of rotatable bonds is 2. The Balaban J connectivity index is 2.05. The van der Waals surface area contributed by atoms with Crippen molar-refractivity contribution in [2.75, 3.05) is 0 Å². The standard InChI is InChI=1S/C10H6ClN5O2/c11-7-2-1-5(17)3-6(7)10-14-9(16-18-10)8-12-4-13-15-8/h1-4,17H,(H,12,13,15). The molecular formula is C10H6ClN5O2. The summed E-state index contributed by atoms with van der Waals surface area (Å²) < 4.78 is 5.07. The molecule has 0 fully saturated rings. The highest BCUT2D eigenvalue weighted by Crippen LogP contribution is 2.30. The second-order valence-electron chi connectivity index (χ2n) is 3.42. The molecule has 3 rings (SSSR count). The molecule has 18 heavy (non-hydrogen) atoms. The van der Waals surface area contributed by atoms with Gasteiger partial charge in [-0.15, -0.1) is 0 Å². The summed E-state index contributed by atoms with van der Waals surface area (Å²) in [6, 6.07) is 4.46. The van der Waals surface area contributed by atoms with Gasteiger partial charge in [0.15, 0.2) is 5.82 Å². The maximum absolute atomic E-state index is 9.41. The fourth-order valence-electron chi connectivity index (χ4n) is 1.42. The number of aromatic hydroxyl groups is 1. The first-order valence-corrected chi connectivity index (χ1v) is 5.30. The third-order valence-corrected chi connectivity index (χ3v) is 2.56. The van der Waals surface area contributed by atoms with Crippen LogP contribution in [0.4, 0.5) is 0 Å². The number of nitrogens with one attached hydrogen (secondary N) is 1. The van der Waals surface area contributed by atoms with Gasteiger partial charge in [-0.2, -0.15) is 10.1 Å². The summed E-state index contributed by atoms with van der Waals surface area (Å²) in [6.45, 7) is 0. The number of benzene rings is 1. The molecule has 0 amide bonds. The summed E-state index contributed by atoms with van der Waals surface area (Å²) in [4.78, 5) is 8.02. The van der Waals surface area contributed by atoms with Crippen LogP contribution in [0.25, 0.3) is 23.1 Å². The zero-order chi connectivity index (χ0) is 12.5. The summed E-state index contributed by atoms with van der Waals surface area (Å²) in [5.41, 5.74) is 0.454. The first-order valence-electron chi connectivity index (χ1n) is 4.92. The summed E-state index contributed by atoms with van der Waals surface area (Å²) in [5.74, 6) is 0.916. The van der Waals surface area contributed by atoms with Gasteiger partial charge in [-0.3, -0.25) is 5.10 Å². The number of phenolic OH excluding ortho intramolecular Hbond substituents is 1. The third-order valence-electron chi connectivity index (χ3n) is 2.23.